The Bertz CT molecular complexity index is 368. The van der Waals surface area contributed by atoms with Crippen LogP contribution in [0.1, 0.15) is 60.8 Å². The molecule has 0 aromatic carbocycles. The van der Waals surface area contributed by atoms with E-state index in [1.807, 2.05) is 0 Å². The Labute approximate surface area is 130 Å². The van der Waals surface area contributed by atoms with Gasteiger partial charge in [0, 0.05) is 5.92 Å². The van der Waals surface area contributed by atoms with Crippen molar-refractivity contribution in [2.45, 2.75) is 66.9 Å². The molecule has 0 aromatic rings. The minimum absolute atomic E-state index is 0.0763. The van der Waals surface area contributed by atoms with Crippen molar-refractivity contribution in [3.63, 3.8) is 0 Å². The first-order valence-corrected chi connectivity index (χ1v) is 8.25. The molecule has 0 radical (unpaired) electrons. The number of primary amides is 1. The second-order valence-electron chi connectivity index (χ2n) is 8.12. The normalized spacial score (nSPS) is 28.8. The fourth-order valence-corrected chi connectivity index (χ4v) is 3.44. The third-order valence-electron chi connectivity index (χ3n) is 4.53. The van der Waals surface area contributed by atoms with Crippen molar-refractivity contribution in [3.05, 3.63) is 12.2 Å². The molecule has 0 unspecified atom stereocenters. The van der Waals surface area contributed by atoms with Gasteiger partial charge in [-0.05, 0) is 42.1 Å². The summed E-state index contributed by atoms with van der Waals surface area (Å²) in [5.41, 5.74) is 5.38. The molecule has 1 rings (SSSR count). The summed E-state index contributed by atoms with van der Waals surface area (Å²) < 4.78 is 5.47. The molecule has 122 valence electrons. The van der Waals surface area contributed by atoms with Crippen LogP contribution in [0.5, 0.6) is 0 Å². The Hall–Kier alpha value is -0.990. The molecular weight excluding hydrogens is 262 g/mol. The Morgan fingerprint density at radius 1 is 1.24 bits per heavy atom. The number of hydrogen-bond acceptors (Lipinski definition) is 2. The molecule has 1 aliphatic carbocycles. The fourth-order valence-electron chi connectivity index (χ4n) is 3.44. The van der Waals surface area contributed by atoms with Gasteiger partial charge in [-0.15, -0.1) is 0 Å². The zero-order valence-corrected chi connectivity index (χ0v) is 14.6. The van der Waals surface area contributed by atoms with Crippen LogP contribution in [0.15, 0.2) is 12.2 Å². The molecular formula is C18H33NO2. The Balaban J connectivity index is 2.97. The third kappa shape index (κ3) is 6.11. The van der Waals surface area contributed by atoms with E-state index in [9.17, 15) is 4.79 Å². The summed E-state index contributed by atoms with van der Waals surface area (Å²) in [5.74, 6) is 2.26. The molecule has 0 spiro atoms. The van der Waals surface area contributed by atoms with E-state index in [-0.39, 0.29) is 11.5 Å². The van der Waals surface area contributed by atoms with Gasteiger partial charge in [-0.1, -0.05) is 54.0 Å². The number of carbonyl (C=O) groups excluding carboxylic acids is 1. The monoisotopic (exact) mass is 295 g/mol. The van der Waals surface area contributed by atoms with Crippen molar-refractivity contribution in [2.75, 3.05) is 0 Å². The van der Waals surface area contributed by atoms with Crippen LogP contribution in [0.3, 0.4) is 0 Å². The molecule has 3 nitrogen and oxygen atoms in total. The molecule has 3 heteroatoms. The number of amides is 1. The van der Waals surface area contributed by atoms with Gasteiger partial charge in [0.1, 0.15) is 6.10 Å². The van der Waals surface area contributed by atoms with Crippen LogP contribution in [0.2, 0.25) is 0 Å². The maximum atomic E-state index is 11.3. The number of ether oxygens (including phenoxy) is 1. The molecule has 1 amide bonds. The molecule has 0 heterocycles. The van der Waals surface area contributed by atoms with Gasteiger partial charge >= 0.3 is 6.09 Å². The SMILES string of the molecule is CC(C)[C@@H]1CC[C@@H](C)C[C@H]1[C@@H](/C=C/C(C)(C)C)OC(N)=O. The van der Waals surface area contributed by atoms with E-state index in [1.165, 1.54) is 12.8 Å². The quantitative estimate of drug-likeness (QED) is 0.760. The Kier molecular flexibility index (Phi) is 6.30. The molecule has 0 aromatic heterocycles. The molecule has 21 heavy (non-hydrogen) atoms. The van der Waals surface area contributed by atoms with Gasteiger partial charge in [0.25, 0.3) is 0 Å². The van der Waals surface area contributed by atoms with Gasteiger partial charge in [-0.3, -0.25) is 0 Å². The van der Waals surface area contributed by atoms with E-state index in [0.29, 0.717) is 23.7 Å². The van der Waals surface area contributed by atoms with E-state index in [4.69, 9.17) is 10.5 Å². The Morgan fingerprint density at radius 3 is 2.33 bits per heavy atom. The second kappa shape index (κ2) is 7.33. The average molecular weight is 295 g/mol. The van der Waals surface area contributed by atoms with Crippen LogP contribution in [0.4, 0.5) is 4.79 Å². The second-order valence-corrected chi connectivity index (χ2v) is 8.12. The third-order valence-corrected chi connectivity index (χ3v) is 4.53. The van der Waals surface area contributed by atoms with Crippen molar-refractivity contribution in [1.82, 2.24) is 0 Å². The highest BCUT2D eigenvalue weighted by Gasteiger charge is 2.36. The topological polar surface area (TPSA) is 52.3 Å². The van der Waals surface area contributed by atoms with Crippen LogP contribution < -0.4 is 5.73 Å². The van der Waals surface area contributed by atoms with Gasteiger partial charge in [-0.25, -0.2) is 4.79 Å². The molecule has 0 bridgehead atoms. The Morgan fingerprint density at radius 2 is 1.86 bits per heavy atom. The predicted molar refractivity (Wildman–Crippen MR) is 87.9 cm³/mol. The first kappa shape index (κ1) is 18.1. The number of hydrogen-bond donors (Lipinski definition) is 1. The summed E-state index contributed by atoms with van der Waals surface area (Å²) in [6, 6.07) is 0. The summed E-state index contributed by atoms with van der Waals surface area (Å²) in [6.45, 7) is 13.3. The van der Waals surface area contributed by atoms with Gasteiger partial charge < -0.3 is 10.5 Å². The van der Waals surface area contributed by atoms with Crippen molar-refractivity contribution in [2.24, 2.45) is 34.8 Å². The molecule has 1 fully saturated rings. The summed E-state index contributed by atoms with van der Waals surface area (Å²) >= 11 is 0. The number of rotatable bonds is 4. The first-order valence-electron chi connectivity index (χ1n) is 8.25. The smallest absolute Gasteiger partial charge is 0.405 e. The number of nitrogens with two attached hydrogens (primary N) is 1. The van der Waals surface area contributed by atoms with Crippen LogP contribution in [-0.2, 0) is 4.74 Å². The minimum atomic E-state index is -0.667. The van der Waals surface area contributed by atoms with E-state index >= 15 is 0 Å². The molecule has 4 atom stereocenters. The van der Waals surface area contributed by atoms with Crippen LogP contribution in [0, 0.1) is 29.1 Å². The van der Waals surface area contributed by atoms with Crippen molar-refractivity contribution in [1.29, 1.82) is 0 Å². The number of carbonyl (C=O) groups is 1. The van der Waals surface area contributed by atoms with Crippen LogP contribution in [-0.4, -0.2) is 12.2 Å². The molecule has 1 saturated carbocycles. The standard InChI is InChI=1S/C18H33NO2/c1-12(2)14-8-7-13(3)11-15(14)16(21-17(19)20)9-10-18(4,5)6/h9-10,12-16H,7-8,11H2,1-6H3,(H2,19,20)/b10-9+/t13-,14+,15-,16-/m1/s1. The lowest BCUT2D eigenvalue weighted by Gasteiger charge is -2.40. The van der Waals surface area contributed by atoms with Crippen LogP contribution in [0.25, 0.3) is 0 Å². The van der Waals surface area contributed by atoms with Gasteiger partial charge in [0.15, 0.2) is 0 Å². The summed E-state index contributed by atoms with van der Waals surface area (Å²) in [7, 11) is 0. The van der Waals surface area contributed by atoms with E-state index in [0.717, 1.165) is 6.42 Å². The highest BCUT2D eigenvalue weighted by atomic mass is 16.6. The lowest BCUT2D eigenvalue weighted by atomic mass is 9.68. The zero-order chi connectivity index (χ0) is 16.2. The predicted octanol–water partition coefficient (Wildman–Crippen LogP) is 4.76. The van der Waals surface area contributed by atoms with Crippen molar-refractivity contribution in [3.8, 4) is 0 Å². The van der Waals surface area contributed by atoms with E-state index in [1.54, 1.807) is 0 Å². The van der Waals surface area contributed by atoms with Gasteiger partial charge in [0.05, 0.1) is 0 Å². The van der Waals surface area contributed by atoms with Crippen molar-refractivity contribution < 1.29 is 9.53 Å². The minimum Gasteiger partial charge on any atom is -0.442 e. The summed E-state index contributed by atoms with van der Waals surface area (Å²) in [5, 5.41) is 0. The molecule has 2 N–H and O–H groups in total. The van der Waals surface area contributed by atoms with E-state index < -0.39 is 6.09 Å². The molecule has 0 aliphatic heterocycles. The largest absolute Gasteiger partial charge is 0.442 e. The number of allylic oxidation sites excluding steroid dienone is 1. The summed E-state index contributed by atoms with van der Waals surface area (Å²) in [4.78, 5) is 11.3. The zero-order valence-electron chi connectivity index (χ0n) is 14.6. The molecule has 1 aliphatic rings. The van der Waals surface area contributed by atoms with Gasteiger partial charge in [0.2, 0.25) is 0 Å². The lowest BCUT2D eigenvalue weighted by molar-refractivity contribution is 0.0278. The lowest BCUT2D eigenvalue weighted by Crippen LogP contribution is -2.38. The highest BCUT2D eigenvalue weighted by Crippen LogP contribution is 2.41. The van der Waals surface area contributed by atoms with Gasteiger partial charge in [-0.2, -0.15) is 0 Å². The average Bonchev–Trinajstić information content (AvgIpc) is 2.32. The van der Waals surface area contributed by atoms with Crippen molar-refractivity contribution >= 4 is 6.09 Å². The van der Waals surface area contributed by atoms with E-state index in [2.05, 4.69) is 53.7 Å². The fraction of sp³-hybridized carbons (Fsp3) is 0.833. The van der Waals surface area contributed by atoms with Crippen LogP contribution >= 0.6 is 0 Å². The maximum absolute atomic E-state index is 11.3. The maximum Gasteiger partial charge on any atom is 0.405 e. The summed E-state index contributed by atoms with van der Waals surface area (Å²) in [6.07, 6.45) is 6.92. The first-order chi connectivity index (χ1) is 9.60. The highest BCUT2D eigenvalue weighted by molar-refractivity contribution is 5.65. The molecule has 0 saturated heterocycles.